The molecule has 1 saturated carbocycles. The average molecular weight is 240 g/mol. The molecule has 1 fully saturated rings. The topological polar surface area (TPSA) is 12.9 Å². The summed E-state index contributed by atoms with van der Waals surface area (Å²) in [5.74, 6) is 1.34. The van der Waals surface area contributed by atoms with Gasteiger partial charge in [-0.05, 0) is 58.3 Å². The summed E-state index contributed by atoms with van der Waals surface area (Å²) in [6.45, 7) is 4.37. The maximum Gasteiger partial charge on any atom is 0.106 e. The summed E-state index contributed by atoms with van der Waals surface area (Å²) < 4.78 is 0.987. The van der Waals surface area contributed by atoms with Crippen LogP contribution in [0.1, 0.15) is 49.8 Å². The van der Waals surface area contributed by atoms with Gasteiger partial charge < -0.3 is 0 Å². The van der Waals surface area contributed by atoms with Crippen LogP contribution in [0, 0.1) is 0 Å². The van der Waals surface area contributed by atoms with Crippen molar-refractivity contribution in [3.63, 3.8) is 0 Å². The van der Waals surface area contributed by atoms with Crippen molar-refractivity contribution < 1.29 is 0 Å². The van der Waals surface area contributed by atoms with Crippen LogP contribution in [0.5, 0.6) is 0 Å². The highest BCUT2D eigenvalue weighted by molar-refractivity contribution is 9.10. The molecule has 0 aromatic carbocycles. The van der Waals surface area contributed by atoms with Crippen LogP contribution < -0.4 is 0 Å². The van der Waals surface area contributed by atoms with Crippen LogP contribution in [0.2, 0.25) is 0 Å². The lowest BCUT2D eigenvalue weighted by Crippen LogP contribution is -1.95. The fraction of sp³-hybridized carbons (Fsp3) is 0.545. The summed E-state index contributed by atoms with van der Waals surface area (Å²) in [7, 11) is 0. The standard InChI is InChI=1S/C11H14BrN/c1-7(2)10-5-9(8-3-4-8)6-11(12)13-10/h5-8H,3-4H2,1-2H3. The van der Waals surface area contributed by atoms with Crippen LogP contribution >= 0.6 is 15.9 Å². The first-order valence-corrected chi connectivity index (χ1v) is 5.63. The summed E-state index contributed by atoms with van der Waals surface area (Å²) in [4.78, 5) is 4.46. The number of aromatic nitrogens is 1. The van der Waals surface area contributed by atoms with Crippen molar-refractivity contribution in [2.24, 2.45) is 0 Å². The molecule has 0 spiro atoms. The minimum atomic E-state index is 0.523. The van der Waals surface area contributed by atoms with Crippen molar-refractivity contribution in [1.82, 2.24) is 4.98 Å². The Labute approximate surface area is 87.7 Å². The second-order valence-electron chi connectivity index (χ2n) is 4.08. The molecule has 0 saturated heterocycles. The number of rotatable bonds is 2. The van der Waals surface area contributed by atoms with Gasteiger partial charge >= 0.3 is 0 Å². The molecule has 2 rings (SSSR count). The molecule has 1 nitrogen and oxygen atoms in total. The zero-order chi connectivity index (χ0) is 9.42. The molecule has 0 atom stereocenters. The molecule has 0 aliphatic heterocycles. The third-order valence-corrected chi connectivity index (χ3v) is 2.88. The number of hydrogen-bond donors (Lipinski definition) is 0. The van der Waals surface area contributed by atoms with Gasteiger partial charge in [0.05, 0.1) is 0 Å². The van der Waals surface area contributed by atoms with E-state index in [4.69, 9.17) is 0 Å². The molecule has 1 aliphatic carbocycles. The minimum Gasteiger partial charge on any atom is -0.246 e. The molecule has 1 heterocycles. The Hall–Kier alpha value is -0.370. The van der Waals surface area contributed by atoms with Gasteiger partial charge in [0.2, 0.25) is 0 Å². The SMILES string of the molecule is CC(C)c1cc(C2CC2)cc(Br)n1. The van der Waals surface area contributed by atoms with E-state index in [0.29, 0.717) is 5.92 Å². The maximum absolute atomic E-state index is 4.46. The minimum absolute atomic E-state index is 0.523. The molecule has 2 heteroatoms. The van der Waals surface area contributed by atoms with Gasteiger partial charge in [0, 0.05) is 5.69 Å². The van der Waals surface area contributed by atoms with Crippen LogP contribution in [0.25, 0.3) is 0 Å². The van der Waals surface area contributed by atoms with E-state index in [1.54, 1.807) is 0 Å². The molecule has 13 heavy (non-hydrogen) atoms. The van der Waals surface area contributed by atoms with E-state index in [-0.39, 0.29) is 0 Å². The Morgan fingerprint density at radius 2 is 2.08 bits per heavy atom. The highest BCUT2D eigenvalue weighted by Gasteiger charge is 2.24. The lowest BCUT2D eigenvalue weighted by molar-refractivity contribution is 0.812. The molecular formula is C11H14BrN. The maximum atomic E-state index is 4.46. The Kier molecular flexibility index (Phi) is 2.41. The molecule has 1 aromatic rings. The van der Waals surface area contributed by atoms with Crippen molar-refractivity contribution >= 4 is 15.9 Å². The van der Waals surface area contributed by atoms with Crippen molar-refractivity contribution in [1.29, 1.82) is 0 Å². The monoisotopic (exact) mass is 239 g/mol. The summed E-state index contributed by atoms with van der Waals surface area (Å²) >= 11 is 3.47. The third kappa shape index (κ3) is 2.11. The van der Waals surface area contributed by atoms with Gasteiger partial charge in [-0.15, -0.1) is 0 Å². The summed E-state index contributed by atoms with van der Waals surface area (Å²) in [5.41, 5.74) is 2.67. The van der Waals surface area contributed by atoms with Gasteiger partial charge in [-0.2, -0.15) is 0 Å². The third-order valence-electron chi connectivity index (χ3n) is 2.48. The Balaban J connectivity index is 2.36. The first-order valence-electron chi connectivity index (χ1n) is 4.84. The van der Waals surface area contributed by atoms with Crippen molar-refractivity contribution in [2.75, 3.05) is 0 Å². The first-order chi connectivity index (χ1) is 6.16. The first kappa shape index (κ1) is 9.20. The molecule has 0 amide bonds. The number of nitrogens with zero attached hydrogens (tertiary/aromatic N) is 1. The van der Waals surface area contributed by atoms with Gasteiger partial charge in [-0.1, -0.05) is 13.8 Å². The van der Waals surface area contributed by atoms with Crippen LogP contribution in [0.3, 0.4) is 0 Å². The normalized spacial score (nSPS) is 16.6. The molecule has 1 aliphatic rings. The molecular weight excluding hydrogens is 226 g/mol. The molecule has 1 aromatic heterocycles. The largest absolute Gasteiger partial charge is 0.246 e. The van der Waals surface area contributed by atoms with E-state index in [9.17, 15) is 0 Å². The Morgan fingerprint density at radius 3 is 2.62 bits per heavy atom. The quantitative estimate of drug-likeness (QED) is 0.715. The second-order valence-corrected chi connectivity index (χ2v) is 4.89. The lowest BCUT2D eigenvalue weighted by atomic mass is 10.1. The Bertz CT molecular complexity index is 296. The van der Waals surface area contributed by atoms with Crippen molar-refractivity contribution in [2.45, 2.75) is 38.5 Å². The number of hydrogen-bond acceptors (Lipinski definition) is 1. The molecule has 0 radical (unpaired) electrons. The van der Waals surface area contributed by atoms with E-state index in [0.717, 1.165) is 10.5 Å². The molecule has 70 valence electrons. The van der Waals surface area contributed by atoms with Gasteiger partial charge in [0.25, 0.3) is 0 Å². The van der Waals surface area contributed by atoms with Crippen LogP contribution in [0.4, 0.5) is 0 Å². The zero-order valence-corrected chi connectivity index (χ0v) is 9.63. The fourth-order valence-corrected chi connectivity index (χ4v) is 1.96. The number of pyridine rings is 1. The smallest absolute Gasteiger partial charge is 0.106 e. The van der Waals surface area contributed by atoms with Crippen LogP contribution in [0.15, 0.2) is 16.7 Å². The van der Waals surface area contributed by atoms with Crippen molar-refractivity contribution in [3.05, 3.63) is 28.0 Å². The molecule has 0 N–H and O–H groups in total. The van der Waals surface area contributed by atoms with Gasteiger partial charge in [0.1, 0.15) is 4.60 Å². The van der Waals surface area contributed by atoms with E-state index in [1.807, 2.05) is 0 Å². The van der Waals surface area contributed by atoms with Gasteiger partial charge in [-0.25, -0.2) is 4.98 Å². The highest BCUT2D eigenvalue weighted by Crippen LogP contribution is 2.41. The second kappa shape index (κ2) is 3.41. The van der Waals surface area contributed by atoms with Crippen LogP contribution in [-0.2, 0) is 0 Å². The summed E-state index contributed by atoms with van der Waals surface area (Å²) in [6, 6.07) is 4.41. The zero-order valence-electron chi connectivity index (χ0n) is 8.05. The predicted octanol–water partition coefficient (Wildman–Crippen LogP) is 3.84. The average Bonchev–Trinajstić information content (AvgIpc) is 2.85. The molecule has 0 bridgehead atoms. The van der Waals surface area contributed by atoms with Gasteiger partial charge in [-0.3, -0.25) is 0 Å². The predicted molar refractivity (Wildman–Crippen MR) is 58.0 cm³/mol. The van der Waals surface area contributed by atoms with E-state index in [1.165, 1.54) is 24.1 Å². The van der Waals surface area contributed by atoms with Crippen molar-refractivity contribution in [3.8, 4) is 0 Å². The van der Waals surface area contributed by atoms with Crippen LogP contribution in [-0.4, -0.2) is 4.98 Å². The fourth-order valence-electron chi connectivity index (χ4n) is 1.49. The summed E-state index contributed by atoms with van der Waals surface area (Å²) in [6.07, 6.45) is 2.71. The van der Waals surface area contributed by atoms with Gasteiger partial charge in [0.15, 0.2) is 0 Å². The number of halogens is 1. The lowest BCUT2D eigenvalue weighted by Gasteiger charge is -2.07. The highest BCUT2D eigenvalue weighted by atomic mass is 79.9. The Morgan fingerprint density at radius 1 is 1.38 bits per heavy atom. The van der Waals surface area contributed by atoms with E-state index in [2.05, 4.69) is 46.9 Å². The molecule has 0 unspecified atom stereocenters. The summed E-state index contributed by atoms with van der Waals surface area (Å²) in [5, 5.41) is 0. The van der Waals surface area contributed by atoms with E-state index >= 15 is 0 Å². The van der Waals surface area contributed by atoms with E-state index < -0.39 is 0 Å².